The Morgan fingerprint density at radius 3 is 2.68 bits per heavy atom. The fourth-order valence-corrected chi connectivity index (χ4v) is 3.11. The molecule has 1 fully saturated rings. The third kappa shape index (κ3) is 7.13. The number of nitrogens with one attached hydrogen (secondary N) is 2. The predicted octanol–water partition coefficient (Wildman–Crippen LogP) is 1.28. The molecule has 0 spiro atoms. The summed E-state index contributed by atoms with van der Waals surface area (Å²) in [6.45, 7) is 5.54. The van der Waals surface area contributed by atoms with Gasteiger partial charge in [0, 0.05) is 18.2 Å². The van der Waals surface area contributed by atoms with E-state index in [4.69, 9.17) is 4.74 Å². The maximum atomic E-state index is 11.9. The van der Waals surface area contributed by atoms with Gasteiger partial charge in [-0.2, -0.15) is 0 Å². The maximum absolute atomic E-state index is 11.9. The first-order chi connectivity index (χ1) is 12.2. The van der Waals surface area contributed by atoms with Crippen LogP contribution < -0.4 is 20.7 Å². The van der Waals surface area contributed by atoms with Gasteiger partial charge >= 0.3 is 11.8 Å². The topological polar surface area (TPSA) is 84.0 Å². The average Bonchev–Trinajstić information content (AvgIpc) is 2.64. The molecule has 1 atom stereocenters. The third-order valence-corrected chi connectivity index (χ3v) is 4.47. The van der Waals surface area contributed by atoms with Gasteiger partial charge in [-0.15, -0.1) is 0 Å². The molecule has 1 aromatic rings. The Morgan fingerprint density at radius 1 is 1.20 bits per heavy atom. The highest BCUT2D eigenvalue weighted by molar-refractivity contribution is 6.39. The molecule has 2 amide bonds. The number of carbonyl (C=O) groups is 2. The lowest BCUT2D eigenvalue weighted by Gasteiger charge is -2.19. The van der Waals surface area contributed by atoms with Crippen molar-refractivity contribution in [3.05, 3.63) is 24.3 Å². The minimum atomic E-state index is -0.633. The number of benzene rings is 1. The van der Waals surface area contributed by atoms with Gasteiger partial charge in [0.25, 0.3) is 0 Å². The number of amides is 2. The zero-order valence-corrected chi connectivity index (χ0v) is 15.1. The fourth-order valence-electron chi connectivity index (χ4n) is 3.11. The fraction of sp³-hybridized carbons (Fsp3) is 0.579. The Balaban J connectivity index is 1.60. The molecule has 0 bridgehead atoms. The van der Waals surface area contributed by atoms with E-state index in [2.05, 4.69) is 16.0 Å². The molecule has 6 heteroatoms. The summed E-state index contributed by atoms with van der Waals surface area (Å²) in [5.41, 5.74) is 0.581. The highest BCUT2D eigenvalue weighted by Crippen LogP contribution is 2.16. The van der Waals surface area contributed by atoms with Gasteiger partial charge in [-0.1, -0.05) is 6.42 Å². The minimum Gasteiger partial charge on any atom is -0.494 e. The van der Waals surface area contributed by atoms with Gasteiger partial charge in [0.05, 0.1) is 19.7 Å². The number of quaternary nitrogens is 1. The summed E-state index contributed by atoms with van der Waals surface area (Å²) in [5.74, 6) is 0.332. The largest absolute Gasteiger partial charge is 0.494 e. The lowest BCUT2D eigenvalue weighted by molar-refractivity contribution is -0.669. The number of unbranched alkanes of at least 4 members (excludes halogenated alkanes) is 1. The molecule has 1 aliphatic rings. The minimum absolute atomic E-state index is 0.548. The molecule has 0 aliphatic carbocycles. The summed E-state index contributed by atoms with van der Waals surface area (Å²) in [6, 6.07) is 6.97. The van der Waals surface area contributed by atoms with E-state index in [0.717, 1.165) is 24.5 Å². The van der Waals surface area contributed by atoms with E-state index in [1.54, 1.807) is 24.3 Å². The summed E-state index contributed by atoms with van der Waals surface area (Å²) in [5, 5.41) is 7.67. The van der Waals surface area contributed by atoms with E-state index in [1.807, 2.05) is 6.92 Å². The second-order valence-corrected chi connectivity index (χ2v) is 6.48. The van der Waals surface area contributed by atoms with E-state index < -0.39 is 11.8 Å². The second-order valence-electron chi connectivity index (χ2n) is 6.48. The molecular formula is C19H30N3O3+. The van der Waals surface area contributed by atoms with E-state index >= 15 is 0 Å². The van der Waals surface area contributed by atoms with Crippen molar-refractivity contribution in [1.82, 2.24) is 5.32 Å². The molecule has 138 valence electrons. The zero-order chi connectivity index (χ0) is 17.9. The van der Waals surface area contributed by atoms with Crippen molar-refractivity contribution in [3.8, 4) is 5.75 Å². The van der Waals surface area contributed by atoms with E-state index in [0.29, 0.717) is 18.8 Å². The second kappa shape index (κ2) is 10.7. The lowest BCUT2D eigenvalue weighted by Crippen LogP contribution is -2.87. The molecule has 2 rings (SSSR count). The van der Waals surface area contributed by atoms with Crippen molar-refractivity contribution < 1.29 is 19.6 Å². The van der Waals surface area contributed by atoms with Gasteiger partial charge in [0.15, 0.2) is 0 Å². The van der Waals surface area contributed by atoms with Gasteiger partial charge in [0.2, 0.25) is 0 Å². The van der Waals surface area contributed by atoms with Gasteiger partial charge in [-0.05, 0) is 56.9 Å². The molecule has 1 aromatic carbocycles. The smallest absolute Gasteiger partial charge is 0.313 e. The van der Waals surface area contributed by atoms with Crippen molar-refractivity contribution >= 4 is 17.5 Å². The van der Waals surface area contributed by atoms with Crippen molar-refractivity contribution in [2.45, 2.75) is 39.0 Å². The Kier molecular flexibility index (Phi) is 8.25. The monoisotopic (exact) mass is 348 g/mol. The first kappa shape index (κ1) is 19.2. The first-order valence-corrected chi connectivity index (χ1v) is 9.32. The summed E-state index contributed by atoms with van der Waals surface area (Å²) in [7, 11) is 0. The summed E-state index contributed by atoms with van der Waals surface area (Å²) in [4.78, 5) is 23.7. The van der Waals surface area contributed by atoms with Gasteiger partial charge in [0.1, 0.15) is 5.75 Å². The number of carbonyl (C=O) groups excluding carboxylic acids is 2. The van der Waals surface area contributed by atoms with Crippen LogP contribution in [-0.4, -0.2) is 38.1 Å². The number of rotatable bonds is 8. The number of piperidine rings is 1. The molecule has 4 N–H and O–H groups in total. The van der Waals surface area contributed by atoms with E-state index in [1.165, 1.54) is 32.4 Å². The van der Waals surface area contributed by atoms with Crippen LogP contribution in [0.1, 0.15) is 39.0 Å². The SMILES string of the molecule is CCOc1ccc(NC(=O)C(=O)NCCCC[C@H]2CCC[NH2+]C2)cc1. The van der Waals surface area contributed by atoms with Crippen molar-refractivity contribution in [2.24, 2.45) is 5.92 Å². The maximum Gasteiger partial charge on any atom is 0.313 e. The molecule has 0 aromatic heterocycles. The normalized spacial score (nSPS) is 16.9. The molecule has 0 unspecified atom stereocenters. The van der Waals surface area contributed by atoms with Crippen molar-refractivity contribution in [1.29, 1.82) is 0 Å². The van der Waals surface area contributed by atoms with Gasteiger partial charge in [-0.3, -0.25) is 9.59 Å². The molecule has 1 aliphatic heterocycles. The van der Waals surface area contributed by atoms with Crippen molar-refractivity contribution in [3.63, 3.8) is 0 Å². The Morgan fingerprint density at radius 2 is 2.00 bits per heavy atom. The van der Waals surface area contributed by atoms with Crippen LogP contribution in [-0.2, 0) is 9.59 Å². The molecule has 1 saturated heterocycles. The lowest BCUT2D eigenvalue weighted by atomic mass is 9.94. The van der Waals surface area contributed by atoms with Crippen LogP contribution in [0.15, 0.2) is 24.3 Å². The van der Waals surface area contributed by atoms with Crippen LogP contribution >= 0.6 is 0 Å². The molecule has 25 heavy (non-hydrogen) atoms. The van der Waals surface area contributed by atoms with E-state index in [-0.39, 0.29) is 0 Å². The summed E-state index contributed by atoms with van der Waals surface area (Å²) < 4.78 is 5.34. The predicted molar refractivity (Wildman–Crippen MR) is 97.5 cm³/mol. The highest BCUT2D eigenvalue weighted by Gasteiger charge is 2.16. The average molecular weight is 348 g/mol. The quantitative estimate of drug-likeness (QED) is 0.489. The molecule has 1 heterocycles. The Bertz CT molecular complexity index is 539. The number of ether oxygens (including phenoxy) is 1. The van der Waals surface area contributed by atoms with Crippen LogP contribution in [0.5, 0.6) is 5.75 Å². The summed E-state index contributed by atoms with van der Waals surface area (Å²) in [6.07, 6.45) is 5.86. The highest BCUT2D eigenvalue weighted by atomic mass is 16.5. The van der Waals surface area contributed by atoms with Crippen LogP contribution in [0.25, 0.3) is 0 Å². The van der Waals surface area contributed by atoms with Gasteiger partial charge in [-0.25, -0.2) is 0 Å². The van der Waals surface area contributed by atoms with Crippen LogP contribution in [0.4, 0.5) is 5.69 Å². The standard InChI is InChI=1S/C19H29N3O3/c1-2-25-17-10-8-16(9-11-17)22-19(24)18(23)21-13-4-3-6-15-7-5-12-20-14-15/h8-11,15,20H,2-7,12-14H2,1H3,(H,21,23)(H,22,24)/p+1/t15-/m0/s1. The number of nitrogens with two attached hydrogens (primary N) is 1. The van der Waals surface area contributed by atoms with Crippen LogP contribution in [0.3, 0.4) is 0 Å². The van der Waals surface area contributed by atoms with Crippen LogP contribution in [0, 0.1) is 5.92 Å². The zero-order valence-electron chi connectivity index (χ0n) is 15.1. The molecular weight excluding hydrogens is 318 g/mol. The Labute approximate surface area is 149 Å². The number of hydrogen-bond acceptors (Lipinski definition) is 3. The number of hydrogen-bond donors (Lipinski definition) is 3. The van der Waals surface area contributed by atoms with Gasteiger partial charge < -0.3 is 20.7 Å². The first-order valence-electron chi connectivity index (χ1n) is 9.32. The molecule has 6 nitrogen and oxygen atoms in total. The van der Waals surface area contributed by atoms with E-state index in [9.17, 15) is 9.59 Å². The molecule has 0 radical (unpaired) electrons. The number of anilines is 1. The Hall–Kier alpha value is -2.08. The molecule has 0 saturated carbocycles. The third-order valence-electron chi connectivity index (χ3n) is 4.47. The van der Waals surface area contributed by atoms with Crippen LogP contribution in [0.2, 0.25) is 0 Å². The van der Waals surface area contributed by atoms with Crippen molar-refractivity contribution in [2.75, 3.05) is 31.6 Å². The summed E-state index contributed by atoms with van der Waals surface area (Å²) >= 11 is 0.